The summed E-state index contributed by atoms with van der Waals surface area (Å²) in [6.07, 6.45) is 13.4. The number of aromatic nitrogens is 3. The van der Waals surface area contributed by atoms with Crippen molar-refractivity contribution in [1.29, 1.82) is 0 Å². The van der Waals surface area contributed by atoms with Crippen LogP contribution in [0.5, 0.6) is 5.75 Å². The molecule has 1 aliphatic carbocycles. The van der Waals surface area contributed by atoms with Gasteiger partial charge in [-0.25, -0.2) is 4.98 Å². The van der Waals surface area contributed by atoms with E-state index in [1.165, 1.54) is 0 Å². The zero-order chi connectivity index (χ0) is 19.1. The monoisotopic (exact) mass is 372 g/mol. The molecule has 0 amide bonds. The van der Waals surface area contributed by atoms with Crippen LogP contribution in [0.15, 0.2) is 37.1 Å². The van der Waals surface area contributed by atoms with Crippen molar-refractivity contribution < 1.29 is 14.6 Å². The van der Waals surface area contributed by atoms with Gasteiger partial charge in [0.2, 0.25) is 0 Å². The van der Waals surface area contributed by atoms with Crippen molar-refractivity contribution in [2.45, 2.75) is 57.1 Å². The maximum Gasteiger partial charge on any atom is 0.306 e. The summed E-state index contributed by atoms with van der Waals surface area (Å²) in [5.41, 5.74) is 6.35. The van der Waals surface area contributed by atoms with Crippen molar-refractivity contribution in [2.75, 3.05) is 6.54 Å². The van der Waals surface area contributed by atoms with Crippen LogP contribution in [-0.4, -0.2) is 38.3 Å². The molecule has 2 aromatic heterocycles. The van der Waals surface area contributed by atoms with E-state index in [9.17, 15) is 9.90 Å². The van der Waals surface area contributed by atoms with Gasteiger partial charge in [0.05, 0.1) is 24.0 Å². The molecule has 0 aromatic carbocycles. The van der Waals surface area contributed by atoms with Crippen molar-refractivity contribution in [2.24, 2.45) is 11.7 Å². The van der Waals surface area contributed by atoms with Crippen LogP contribution in [0.25, 0.3) is 0 Å². The number of hydrogen-bond donors (Lipinski definition) is 2. The first kappa shape index (κ1) is 19.4. The van der Waals surface area contributed by atoms with Gasteiger partial charge in [-0.15, -0.1) is 0 Å². The van der Waals surface area contributed by atoms with Crippen LogP contribution in [0.2, 0.25) is 0 Å². The van der Waals surface area contributed by atoms with Gasteiger partial charge in [-0.1, -0.05) is 0 Å². The number of carboxylic acids is 1. The van der Waals surface area contributed by atoms with Gasteiger partial charge in [0, 0.05) is 31.1 Å². The van der Waals surface area contributed by atoms with Crippen LogP contribution >= 0.6 is 0 Å². The van der Waals surface area contributed by atoms with Gasteiger partial charge in [-0.2, -0.15) is 0 Å². The van der Waals surface area contributed by atoms with Gasteiger partial charge in [-0.05, 0) is 57.2 Å². The Morgan fingerprint density at radius 2 is 2.04 bits per heavy atom. The summed E-state index contributed by atoms with van der Waals surface area (Å²) in [6.45, 7) is 0.517. The summed E-state index contributed by atoms with van der Waals surface area (Å²) in [6, 6.07) is 4.17. The third-order valence-corrected chi connectivity index (χ3v) is 5.23. The molecule has 7 nitrogen and oxygen atoms in total. The molecule has 0 radical (unpaired) electrons. The minimum atomic E-state index is -0.772. The van der Waals surface area contributed by atoms with Crippen LogP contribution < -0.4 is 10.5 Å². The highest BCUT2D eigenvalue weighted by molar-refractivity contribution is 5.70. The largest absolute Gasteiger partial charge is 0.490 e. The van der Waals surface area contributed by atoms with E-state index >= 15 is 0 Å². The van der Waals surface area contributed by atoms with Gasteiger partial charge in [0.15, 0.2) is 0 Å². The minimum absolute atomic E-state index is 0.235. The Morgan fingerprint density at radius 1 is 1.30 bits per heavy atom. The number of nitrogens with zero attached hydrogens (tertiary/aromatic N) is 3. The molecule has 2 heterocycles. The minimum Gasteiger partial charge on any atom is -0.490 e. The molecule has 3 rings (SSSR count). The second-order valence-corrected chi connectivity index (χ2v) is 7.21. The molecular weight excluding hydrogens is 344 g/mol. The van der Waals surface area contributed by atoms with Crippen LogP contribution in [0.3, 0.4) is 0 Å². The first-order chi connectivity index (χ1) is 13.2. The van der Waals surface area contributed by atoms with E-state index in [0.29, 0.717) is 25.4 Å². The normalized spacial score (nSPS) is 20.9. The first-order valence-corrected chi connectivity index (χ1v) is 9.67. The summed E-state index contributed by atoms with van der Waals surface area (Å²) < 4.78 is 8.16. The van der Waals surface area contributed by atoms with Crippen LogP contribution in [0, 0.1) is 5.92 Å². The molecule has 1 fully saturated rings. The Kier molecular flexibility index (Phi) is 6.81. The predicted octanol–water partition coefficient (Wildman–Crippen LogP) is 2.82. The number of carbonyl (C=O) groups is 1. The van der Waals surface area contributed by atoms with E-state index in [0.717, 1.165) is 43.5 Å². The van der Waals surface area contributed by atoms with Crippen molar-refractivity contribution >= 4 is 5.97 Å². The van der Waals surface area contributed by atoms with E-state index < -0.39 is 11.9 Å². The number of hydrogen-bond acceptors (Lipinski definition) is 5. The Hall–Kier alpha value is -2.41. The van der Waals surface area contributed by atoms with Gasteiger partial charge in [0.25, 0.3) is 0 Å². The van der Waals surface area contributed by atoms with Crippen molar-refractivity contribution in [3.8, 4) is 5.75 Å². The standard InChI is InChI=1S/C20H28N4O3/c21-9-1-2-15(20(25)26)12-16-13-24(14-23-16)17-3-5-18(6-4-17)27-19-7-10-22-11-8-19/h7-8,10-11,13-15,17-18H,1-6,9,12,21H2,(H,25,26)/t15?,17-,18-. The van der Waals surface area contributed by atoms with E-state index in [2.05, 4.69) is 14.5 Å². The second kappa shape index (κ2) is 9.50. The van der Waals surface area contributed by atoms with Gasteiger partial charge in [0.1, 0.15) is 5.75 Å². The molecule has 0 aliphatic heterocycles. The summed E-state index contributed by atoms with van der Waals surface area (Å²) in [7, 11) is 0. The zero-order valence-corrected chi connectivity index (χ0v) is 15.5. The lowest BCUT2D eigenvalue weighted by atomic mass is 9.92. The number of imidazole rings is 1. The SMILES string of the molecule is NCCCC(Cc1cn([C@H]2CC[C@H](Oc3ccncc3)CC2)cn1)C(=O)O. The molecule has 146 valence electrons. The quantitative estimate of drug-likeness (QED) is 0.701. The number of nitrogens with two attached hydrogens (primary N) is 1. The number of rotatable bonds is 9. The molecule has 1 aliphatic rings. The Labute approximate surface area is 159 Å². The van der Waals surface area contributed by atoms with Crippen molar-refractivity contribution in [3.63, 3.8) is 0 Å². The molecule has 1 atom stereocenters. The predicted molar refractivity (Wildman–Crippen MR) is 102 cm³/mol. The van der Waals surface area contributed by atoms with E-state index in [-0.39, 0.29) is 6.10 Å². The average molecular weight is 372 g/mol. The fraction of sp³-hybridized carbons (Fsp3) is 0.550. The topological polar surface area (TPSA) is 103 Å². The smallest absolute Gasteiger partial charge is 0.306 e. The summed E-state index contributed by atoms with van der Waals surface area (Å²) in [5, 5.41) is 9.37. The molecule has 27 heavy (non-hydrogen) atoms. The van der Waals surface area contributed by atoms with Gasteiger partial charge < -0.3 is 20.1 Å². The number of ether oxygens (including phenoxy) is 1. The fourth-order valence-electron chi connectivity index (χ4n) is 3.68. The lowest BCUT2D eigenvalue weighted by Gasteiger charge is -2.29. The molecule has 7 heteroatoms. The molecule has 1 saturated carbocycles. The molecule has 1 unspecified atom stereocenters. The lowest BCUT2D eigenvalue weighted by molar-refractivity contribution is -0.142. The number of aliphatic carboxylic acids is 1. The van der Waals surface area contributed by atoms with Gasteiger partial charge in [-0.3, -0.25) is 9.78 Å². The Bertz CT molecular complexity index is 711. The molecule has 0 spiro atoms. The summed E-state index contributed by atoms with van der Waals surface area (Å²) >= 11 is 0. The van der Waals surface area contributed by atoms with E-state index in [1.807, 2.05) is 24.7 Å². The third kappa shape index (κ3) is 5.53. The highest BCUT2D eigenvalue weighted by Gasteiger charge is 2.24. The van der Waals surface area contributed by atoms with Crippen molar-refractivity contribution in [1.82, 2.24) is 14.5 Å². The number of pyridine rings is 1. The first-order valence-electron chi connectivity index (χ1n) is 9.67. The molecule has 0 saturated heterocycles. The molecule has 0 bridgehead atoms. The van der Waals surface area contributed by atoms with Crippen LogP contribution in [-0.2, 0) is 11.2 Å². The van der Waals surface area contributed by atoms with Crippen LogP contribution in [0.4, 0.5) is 0 Å². The Balaban J connectivity index is 1.51. The molecular formula is C20H28N4O3. The highest BCUT2D eigenvalue weighted by atomic mass is 16.5. The fourth-order valence-corrected chi connectivity index (χ4v) is 3.68. The van der Waals surface area contributed by atoms with Gasteiger partial charge >= 0.3 is 5.97 Å². The third-order valence-electron chi connectivity index (χ3n) is 5.23. The summed E-state index contributed by atoms with van der Waals surface area (Å²) in [4.78, 5) is 19.9. The Morgan fingerprint density at radius 3 is 2.70 bits per heavy atom. The van der Waals surface area contributed by atoms with Crippen LogP contribution in [0.1, 0.15) is 50.3 Å². The molecule has 3 N–H and O–H groups in total. The lowest BCUT2D eigenvalue weighted by Crippen LogP contribution is -2.25. The average Bonchev–Trinajstić information content (AvgIpc) is 3.15. The zero-order valence-electron chi connectivity index (χ0n) is 15.5. The molecule has 2 aromatic rings. The van der Waals surface area contributed by atoms with E-state index in [1.54, 1.807) is 12.4 Å². The second-order valence-electron chi connectivity index (χ2n) is 7.21. The maximum atomic E-state index is 11.4. The summed E-state index contributed by atoms with van der Waals surface area (Å²) in [5.74, 6) is -0.316. The van der Waals surface area contributed by atoms with E-state index in [4.69, 9.17) is 10.5 Å². The van der Waals surface area contributed by atoms with Crippen molar-refractivity contribution in [3.05, 3.63) is 42.7 Å². The number of carboxylic acid groups (broad SMARTS) is 1. The maximum absolute atomic E-state index is 11.4. The highest BCUT2D eigenvalue weighted by Crippen LogP contribution is 2.31.